The van der Waals surface area contributed by atoms with Gasteiger partial charge in [0.2, 0.25) is 10.0 Å². The second-order valence-electron chi connectivity index (χ2n) is 6.93. The minimum absolute atomic E-state index is 0.141. The predicted molar refractivity (Wildman–Crippen MR) is 112 cm³/mol. The van der Waals surface area contributed by atoms with E-state index in [0.29, 0.717) is 37.8 Å². The number of ether oxygens (including phenoxy) is 2. The highest BCUT2D eigenvalue weighted by Gasteiger charge is 2.31. The van der Waals surface area contributed by atoms with Crippen LogP contribution in [-0.2, 0) is 10.0 Å². The third-order valence-corrected chi connectivity index (χ3v) is 6.76. The average molecular weight is 422 g/mol. The summed E-state index contributed by atoms with van der Waals surface area (Å²) in [5, 5.41) is 0. The minimum Gasteiger partial charge on any atom is -0.497 e. The van der Waals surface area contributed by atoms with E-state index in [0.717, 1.165) is 11.6 Å². The molecule has 0 atom stereocenters. The van der Waals surface area contributed by atoms with Crippen LogP contribution in [0.15, 0.2) is 29.2 Å². The van der Waals surface area contributed by atoms with Crippen molar-refractivity contribution >= 4 is 21.7 Å². The zero-order valence-corrected chi connectivity index (χ0v) is 18.2. The number of piperazine rings is 1. The van der Waals surface area contributed by atoms with E-state index in [-0.39, 0.29) is 10.6 Å². The summed E-state index contributed by atoms with van der Waals surface area (Å²) in [5.74, 6) is 3.13. The summed E-state index contributed by atoms with van der Waals surface area (Å²) in [5.41, 5.74) is 0. The predicted octanol–water partition coefficient (Wildman–Crippen LogP) is 1.38. The first-order valence-corrected chi connectivity index (χ1v) is 10.7. The summed E-state index contributed by atoms with van der Waals surface area (Å²) >= 11 is 0. The van der Waals surface area contributed by atoms with E-state index >= 15 is 0 Å². The number of aryl methyl sites for hydroxylation is 1. The van der Waals surface area contributed by atoms with Crippen molar-refractivity contribution in [2.45, 2.75) is 11.8 Å². The highest BCUT2D eigenvalue weighted by molar-refractivity contribution is 7.89. The van der Waals surface area contributed by atoms with Crippen molar-refractivity contribution in [2.75, 3.05) is 64.3 Å². The number of hydrogen-bond acceptors (Lipinski definition) is 8. The van der Waals surface area contributed by atoms with Gasteiger partial charge < -0.3 is 19.3 Å². The number of methoxy groups -OCH3 is 2. The molecule has 0 radical (unpaired) electrons. The van der Waals surface area contributed by atoms with Gasteiger partial charge in [-0.2, -0.15) is 4.31 Å². The minimum atomic E-state index is -3.68. The first-order valence-electron chi connectivity index (χ1n) is 9.26. The summed E-state index contributed by atoms with van der Waals surface area (Å²) in [7, 11) is 3.15. The summed E-state index contributed by atoms with van der Waals surface area (Å²) in [6, 6.07) is 6.65. The first-order chi connectivity index (χ1) is 13.8. The van der Waals surface area contributed by atoms with E-state index in [1.54, 1.807) is 12.1 Å². The molecule has 0 bridgehead atoms. The zero-order valence-electron chi connectivity index (χ0n) is 17.4. The number of rotatable bonds is 6. The molecule has 3 rings (SSSR count). The van der Waals surface area contributed by atoms with Crippen LogP contribution in [0.1, 0.15) is 5.82 Å². The molecular weight excluding hydrogens is 394 g/mol. The van der Waals surface area contributed by atoms with Crippen molar-refractivity contribution in [1.29, 1.82) is 0 Å². The number of sulfonamides is 1. The molecule has 1 aliphatic heterocycles. The second kappa shape index (κ2) is 8.42. The Labute approximate surface area is 171 Å². The van der Waals surface area contributed by atoms with Crippen molar-refractivity contribution in [2.24, 2.45) is 0 Å². The zero-order chi connectivity index (χ0) is 21.2. The van der Waals surface area contributed by atoms with Gasteiger partial charge in [0.25, 0.3) is 0 Å². The summed E-state index contributed by atoms with van der Waals surface area (Å²) in [6.07, 6.45) is 0. The maximum absolute atomic E-state index is 13.2. The van der Waals surface area contributed by atoms with E-state index in [1.165, 1.54) is 24.6 Å². The Morgan fingerprint density at radius 3 is 2.28 bits per heavy atom. The first kappa shape index (κ1) is 21.1. The van der Waals surface area contributed by atoms with Crippen LogP contribution in [0.3, 0.4) is 0 Å². The van der Waals surface area contributed by atoms with E-state index < -0.39 is 10.0 Å². The van der Waals surface area contributed by atoms with E-state index in [9.17, 15) is 8.42 Å². The third-order valence-electron chi connectivity index (χ3n) is 4.82. The van der Waals surface area contributed by atoms with Crippen molar-refractivity contribution < 1.29 is 17.9 Å². The van der Waals surface area contributed by atoms with Gasteiger partial charge in [0.15, 0.2) is 0 Å². The van der Waals surface area contributed by atoms with Crippen molar-refractivity contribution in [1.82, 2.24) is 14.3 Å². The second-order valence-corrected chi connectivity index (χ2v) is 8.84. The van der Waals surface area contributed by atoms with Crippen LogP contribution in [0.5, 0.6) is 11.5 Å². The molecule has 10 heteroatoms. The standard InChI is InChI=1S/C19H27N5O4S/c1-14-20-18(22(2)3)13-19(21-14)23-8-10-24(11-9-23)29(25,26)17-7-6-15(27-4)12-16(17)28-5/h6-7,12-13H,8-11H2,1-5H3. The number of aromatic nitrogens is 2. The fourth-order valence-corrected chi connectivity index (χ4v) is 4.77. The largest absolute Gasteiger partial charge is 0.497 e. The quantitative estimate of drug-likeness (QED) is 0.691. The molecule has 1 saturated heterocycles. The summed E-state index contributed by atoms with van der Waals surface area (Å²) < 4.78 is 38.2. The maximum Gasteiger partial charge on any atom is 0.246 e. The molecule has 0 unspecified atom stereocenters. The molecule has 0 N–H and O–H groups in total. The molecular formula is C19H27N5O4S. The lowest BCUT2D eigenvalue weighted by atomic mass is 10.3. The normalized spacial score (nSPS) is 15.3. The van der Waals surface area contributed by atoms with Gasteiger partial charge in [-0.3, -0.25) is 0 Å². The Kier molecular flexibility index (Phi) is 6.13. The van der Waals surface area contributed by atoms with E-state index in [1.807, 2.05) is 32.0 Å². The Hall–Kier alpha value is -2.59. The topological polar surface area (TPSA) is 88.1 Å². The number of hydrogen-bond donors (Lipinski definition) is 0. The molecule has 1 aromatic carbocycles. The van der Waals surface area contributed by atoms with Crippen LogP contribution in [0.2, 0.25) is 0 Å². The van der Waals surface area contributed by atoms with Crippen LogP contribution in [-0.4, -0.2) is 77.2 Å². The molecule has 0 saturated carbocycles. The molecule has 0 aliphatic carbocycles. The molecule has 1 fully saturated rings. The van der Waals surface area contributed by atoms with Gasteiger partial charge in [-0.25, -0.2) is 18.4 Å². The van der Waals surface area contributed by atoms with Crippen LogP contribution in [0, 0.1) is 6.92 Å². The molecule has 1 aliphatic rings. The van der Waals surface area contributed by atoms with Crippen molar-refractivity contribution in [3.8, 4) is 11.5 Å². The van der Waals surface area contributed by atoms with Gasteiger partial charge >= 0.3 is 0 Å². The SMILES string of the molecule is COc1ccc(S(=O)(=O)N2CCN(c3cc(N(C)C)nc(C)n3)CC2)c(OC)c1. The maximum atomic E-state index is 13.2. The van der Waals surface area contributed by atoms with Gasteiger partial charge in [0.05, 0.1) is 14.2 Å². The summed E-state index contributed by atoms with van der Waals surface area (Å²) in [4.78, 5) is 13.1. The van der Waals surface area contributed by atoms with E-state index in [2.05, 4.69) is 14.9 Å². The van der Waals surface area contributed by atoms with Crippen LogP contribution in [0.25, 0.3) is 0 Å². The smallest absolute Gasteiger partial charge is 0.246 e. The van der Waals surface area contributed by atoms with Crippen molar-refractivity contribution in [3.63, 3.8) is 0 Å². The lowest BCUT2D eigenvalue weighted by Gasteiger charge is -2.35. The van der Waals surface area contributed by atoms with Crippen molar-refractivity contribution in [3.05, 3.63) is 30.1 Å². The fourth-order valence-electron chi connectivity index (χ4n) is 3.21. The number of anilines is 2. The number of benzene rings is 1. The van der Waals surface area contributed by atoms with E-state index in [4.69, 9.17) is 9.47 Å². The molecule has 1 aromatic heterocycles. The lowest BCUT2D eigenvalue weighted by molar-refractivity contribution is 0.369. The molecule has 0 spiro atoms. The molecule has 9 nitrogen and oxygen atoms in total. The highest BCUT2D eigenvalue weighted by Crippen LogP contribution is 2.31. The van der Waals surface area contributed by atoms with Gasteiger partial charge in [-0.15, -0.1) is 0 Å². The third kappa shape index (κ3) is 4.38. The van der Waals surface area contributed by atoms with Crippen LogP contribution in [0.4, 0.5) is 11.6 Å². The highest BCUT2D eigenvalue weighted by atomic mass is 32.2. The molecule has 2 aromatic rings. The summed E-state index contributed by atoms with van der Waals surface area (Å²) in [6.45, 7) is 3.66. The Morgan fingerprint density at radius 1 is 1.00 bits per heavy atom. The average Bonchev–Trinajstić information content (AvgIpc) is 2.72. The van der Waals surface area contributed by atoms with Crippen LogP contribution < -0.4 is 19.3 Å². The Morgan fingerprint density at radius 2 is 1.69 bits per heavy atom. The van der Waals surface area contributed by atoms with Crippen LogP contribution >= 0.6 is 0 Å². The molecule has 29 heavy (non-hydrogen) atoms. The monoisotopic (exact) mass is 421 g/mol. The Balaban J connectivity index is 1.79. The molecule has 2 heterocycles. The lowest BCUT2D eigenvalue weighted by Crippen LogP contribution is -2.49. The molecule has 158 valence electrons. The molecule has 0 amide bonds. The Bertz CT molecular complexity index is 973. The fraction of sp³-hybridized carbons (Fsp3) is 0.474. The van der Waals surface area contributed by atoms with Gasteiger partial charge in [-0.1, -0.05) is 0 Å². The van der Waals surface area contributed by atoms with Gasteiger partial charge in [0, 0.05) is 52.4 Å². The van der Waals surface area contributed by atoms with Gasteiger partial charge in [-0.05, 0) is 19.1 Å². The van der Waals surface area contributed by atoms with Gasteiger partial charge in [0.1, 0.15) is 33.9 Å². The number of nitrogens with zero attached hydrogens (tertiary/aromatic N) is 5.